The molecular weight excluding hydrogens is 455 g/mol. The maximum absolute atomic E-state index is 5.46. The summed E-state index contributed by atoms with van der Waals surface area (Å²) in [6, 6.07) is 2.12. The molecule has 0 spiro atoms. The molecule has 2 rings (SSSR count). The molecule has 8 heteroatoms. The lowest BCUT2D eigenvalue weighted by atomic mass is 10.0. The van der Waals surface area contributed by atoms with Crippen LogP contribution in [-0.2, 0) is 11.3 Å². The predicted octanol–water partition coefficient (Wildman–Crippen LogP) is 2.03. The van der Waals surface area contributed by atoms with Crippen molar-refractivity contribution in [3.63, 3.8) is 0 Å². The Kier molecular flexibility index (Phi) is 10.0. The molecular formula is C19H37IN6O. The van der Waals surface area contributed by atoms with Crippen molar-refractivity contribution < 1.29 is 4.74 Å². The van der Waals surface area contributed by atoms with Gasteiger partial charge in [-0.2, -0.15) is 5.10 Å². The van der Waals surface area contributed by atoms with Crippen molar-refractivity contribution in [2.75, 3.05) is 46.4 Å². The molecule has 1 aliphatic heterocycles. The highest BCUT2D eigenvalue weighted by Gasteiger charge is 2.28. The van der Waals surface area contributed by atoms with Gasteiger partial charge in [0, 0.05) is 51.0 Å². The molecule has 27 heavy (non-hydrogen) atoms. The Morgan fingerprint density at radius 1 is 1.30 bits per heavy atom. The van der Waals surface area contributed by atoms with Gasteiger partial charge in [-0.1, -0.05) is 6.92 Å². The molecule has 1 aromatic heterocycles. The van der Waals surface area contributed by atoms with Crippen molar-refractivity contribution in [3.8, 4) is 0 Å². The third-order valence-corrected chi connectivity index (χ3v) is 4.99. The predicted molar refractivity (Wildman–Crippen MR) is 122 cm³/mol. The van der Waals surface area contributed by atoms with E-state index < -0.39 is 0 Å². The van der Waals surface area contributed by atoms with Gasteiger partial charge in [-0.25, -0.2) is 0 Å². The van der Waals surface area contributed by atoms with Crippen molar-refractivity contribution in [1.82, 2.24) is 25.3 Å². The monoisotopic (exact) mass is 492 g/mol. The summed E-state index contributed by atoms with van der Waals surface area (Å²) < 4.78 is 7.54. The lowest BCUT2D eigenvalue weighted by Gasteiger charge is -2.41. The van der Waals surface area contributed by atoms with Crippen LogP contribution in [0.2, 0.25) is 0 Å². The molecule has 1 aliphatic rings. The van der Waals surface area contributed by atoms with Gasteiger partial charge < -0.3 is 15.4 Å². The molecule has 1 aromatic rings. The van der Waals surface area contributed by atoms with Crippen LogP contribution >= 0.6 is 24.0 Å². The summed E-state index contributed by atoms with van der Waals surface area (Å²) in [4.78, 5) is 6.84. The number of rotatable bonds is 7. The van der Waals surface area contributed by atoms with E-state index >= 15 is 0 Å². The first-order chi connectivity index (χ1) is 12.3. The summed E-state index contributed by atoms with van der Waals surface area (Å²) in [5, 5.41) is 11.5. The number of nitrogens with one attached hydrogen (secondary N) is 2. The summed E-state index contributed by atoms with van der Waals surface area (Å²) in [6.07, 6.45) is 0. The summed E-state index contributed by atoms with van der Waals surface area (Å²) in [5.41, 5.74) is 2.35. The SMILES string of the molecule is CN=C(NCC(C)Cn1nc(C)cc1C)NCC(C)(C)N1CCOCC1.I. The van der Waals surface area contributed by atoms with Crippen LogP contribution in [0.1, 0.15) is 32.2 Å². The highest BCUT2D eigenvalue weighted by Crippen LogP contribution is 2.15. The second kappa shape index (κ2) is 11.2. The normalized spacial score (nSPS) is 17.3. The second-order valence-electron chi connectivity index (χ2n) is 7.93. The molecule has 0 amide bonds. The zero-order valence-electron chi connectivity index (χ0n) is 17.7. The molecule has 0 saturated carbocycles. The highest BCUT2D eigenvalue weighted by molar-refractivity contribution is 14.0. The lowest BCUT2D eigenvalue weighted by Crippen LogP contribution is -2.56. The average Bonchev–Trinajstić information content (AvgIpc) is 2.93. The topological polar surface area (TPSA) is 66.7 Å². The van der Waals surface area contributed by atoms with Gasteiger partial charge in [0.05, 0.1) is 18.9 Å². The lowest BCUT2D eigenvalue weighted by molar-refractivity contribution is -0.00834. The number of aryl methyl sites for hydroxylation is 2. The molecule has 7 nitrogen and oxygen atoms in total. The minimum atomic E-state index is 0. The number of nitrogens with zero attached hydrogens (tertiary/aromatic N) is 4. The van der Waals surface area contributed by atoms with Gasteiger partial charge in [0.2, 0.25) is 0 Å². The van der Waals surface area contributed by atoms with Crippen molar-refractivity contribution in [2.24, 2.45) is 10.9 Å². The Morgan fingerprint density at radius 2 is 1.96 bits per heavy atom. The first kappa shape index (κ1) is 24.2. The quantitative estimate of drug-likeness (QED) is 0.347. The molecule has 2 heterocycles. The van der Waals surface area contributed by atoms with Crippen LogP contribution in [0, 0.1) is 19.8 Å². The first-order valence-corrected chi connectivity index (χ1v) is 9.60. The number of halogens is 1. The van der Waals surface area contributed by atoms with Crippen LogP contribution in [-0.4, -0.2) is 72.6 Å². The van der Waals surface area contributed by atoms with Gasteiger partial charge in [-0.15, -0.1) is 24.0 Å². The fraction of sp³-hybridized carbons (Fsp3) is 0.789. The van der Waals surface area contributed by atoms with E-state index in [1.165, 1.54) is 5.69 Å². The molecule has 156 valence electrons. The van der Waals surface area contributed by atoms with E-state index in [1.54, 1.807) is 0 Å². The smallest absolute Gasteiger partial charge is 0.191 e. The number of ether oxygens (including phenoxy) is 1. The van der Waals surface area contributed by atoms with Crippen LogP contribution < -0.4 is 10.6 Å². The van der Waals surface area contributed by atoms with Crippen molar-refractivity contribution >= 4 is 29.9 Å². The Hall–Kier alpha value is -0.870. The third-order valence-electron chi connectivity index (χ3n) is 4.99. The Morgan fingerprint density at radius 3 is 2.52 bits per heavy atom. The molecule has 1 saturated heterocycles. The van der Waals surface area contributed by atoms with Gasteiger partial charge in [-0.05, 0) is 39.7 Å². The van der Waals surface area contributed by atoms with Crippen LogP contribution in [0.3, 0.4) is 0 Å². The Balaban J connectivity index is 0.00000364. The van der Waals surface area contributed by atoms with Gasteiger partial charge in [-0.3, -0.25) is 14.6 Å². The van der Waals surface area contributed by atoms with E-state index in [-0.39, 0.29) is 29.5 Å². The summed E-state index contributed by atoms with van der Waals surface area (Å²) >= 11 is 0. The number of aliphatic imine (C=N–C) groups is 1. The zero-order chi connectivity index (χ0) is 19.2. The summed E-state index contributed by atoms with van der Waals surface area (Å²) in [5.74, 6) is 1.31. The zero-order valence-corrected chi connectivity index (χ0v) is 20.0. The Bertz CT molecular complexity index is 595. The van der Waals surface area contributed by atoms with Crippen LogP contribution in [0.25, 0.3) is 0 Å². The van der Waals surface area contributed by atoms with Gasteiger partial charge in [0.25, 0.3) is 0 Å². The third kappa shape index (κ3) is 7.57. The fourth-order valence-corrected chi connectivity index (χ4v) is 3.29. The van der Waals surface area contributed by atoms with Gasteiger partial charge in [0.15, 0.2) is 5.96 Å². The molecule has 0 bridgehead atoms. The maximum atomic E-state index is 5.46. The minimum absolute atomic E-state index is 0. The molecule has 0 radical (unpaired) electrons. The van der Waals surface area contributed by atoms with Crippen molar-refractivity contribution in [3.05, 3.63) is 17.5 Å². The first-order valence-electron chi connectivity index (χ1n) is 9.60. The van der Waals surface area contributed by atoms with Crippen LogP contribution in [0.5, 0.6) is 0 Å². The largest absolute Gasteiger partial charge is 0.379 e. The van der Waals surface area contributed by atoms with Crippen LogP contribution in [0.4, 0.5) is 0 Å². The Labute approximate surface area is 181 Å². The van der Waals surface area contributed by atoms with E-state index in [0.717, 1.165) is 57.6 Å². The summed E-state index contributed by atoms with van der Waals surface area (Å²) in [7, 11) is 1.82. The number of guanidine groups is 1. The standard InChI is InChI=1S/C19H36N6O.HI/c1-15(13-25-17(3)11-16(2)23-25)12-21-18(20-6)22-14-19(4,5)24-7-9-26-10-8-24;/h11,15H,7-10,12-14H2,1-6H3,(H2,20,21,22);1H. The number of morpholine rings is 1. The van der Waals surface area contributed by atoms with Crippen LogP contribution in [0.15, 0.2) is 11.1 Å². The van der Waals surface area contributed by atoms with Gasteiger partial charge in [0.1, 0.15) is 0 Å². The molecule has 0 aromatic carbocycles. The minimum Gasteiger partial charge on any atom is -0.379 e. The fourth-order valence-electron chi connectivity index (χ4n) is 3.29. The molecule has 2 N–H and O–H groups in total. The molecule has 1 fully saturated rings. The molecule has 0 aliphatic carbocycles. The number of hydrogen-bond acceptors (Lipinski definition) is 4. The van der Waals surface area contributed by atoms with E-state index in [1.807, 2.05) is 14.0 Å². The number of hydrogen-bond donors (Lipinski definition) is 2. The maximum Gasteiger partial charge on any atom is 0.191 e. The van der Waals surface area contributed by atoms with E-state index in [2.05, 4.69) is 64.1 Å². The van der Waals surface area contributed by atoms with Crippen molar-refractivity contribution in [1.29, 1.82) is 0 Å². The molecule has 1 atom stereocenters. The molecule has 1 unspecified atom stereocenters. The number of aromatic nitrogens is 2. The van der Waals surface area contributed by atoms with E-state index in [4.69, 9.17) is 4.74 Å². The van der Waals surface area contributed by atoms with E-state index in [9.17, 15) is 0 Å². The highest BCUT2D eigenvalue weighted by atomic mass is 127. The van der Waals surface area contributed by atoms with Gasteiger partial charge >= 0.3 is 0 Å². The van der Waals surface area contributed by atoms with Crippen molar-refractivity contribution in [2.45, 2.75) is 46.7 Å². The van der Waals surface area contributed by atoms with E-state index in [0.29, 0.717) is 5.92 Å². The second-order valence-corrected chi connectivity index (χ2v) is 7.93. The summed E-state index contributed by atoms with van der Waals surface area (Å²) in [6.45, 7) is 17.1. The average molecular weight is 492 g/mol.